The van der Waals surface area contributed by atoms with E-state index in [2.05, 4.69) is 0 Å². The fourth-order valence-electron chi connectivity index (χ4n) is 1.34. The summed E-state index contributed by atoms with van der Waals surface area (Å²) >= 11 is 0. The molecular weight excluding hydrogens is 192 g/mol. The van der Waals surface area contributed by atoms with Gasteiger partial charge in [0.15, 0.2) is 0 Å². The Kier molecular flexibility index (Phi) is 5.15. The number of phenolic OH excluding ortho intramolecular Hbond substituents is 1. The second-order valence-corrected chi connectivity index (χ2v) is 3.19. The molecule has 0 radical (unpaired) electrons. The molecular formula is C12H18O3. The molecule has 0 amide bonds. The Morgan fingerprint density at radius 2 is 1.73 bits per heavy atom. The van der Waals surface area contributed by atoms with E-state index in [1.54, 1.807) is 6.07 Å². The molecule has 0 unspecified atom stereocenters. The van der Waals surface area contributed by atoms with Crippen LogP contribution in [0.15, 0.2) is 18.2 Å². The summed E-state index contributed by atoms with van der Waals surface area (Å²) in [6, 6.07) is 5.44. The Morgan fingerprint density at radius 1 is 1.07 bits per heavy atom. The lowest BCUT2D eigenvalue weighted by Gasteiger charge is -2.11. The van der Waals surface area contributed by atoms with Crippen LogP contribution in [-0.2, 0) is 22.7 Å². The second-order valence-electron chi connectivity index (χ2n) is 3.19. The summed E-state index contributed by atoms with van der Waals surface area (Å²) in [7, 11) is 0. The van der Waals surface area contributed by atoms with Crippen LogP contribution in [0.2, 0.25) is 0 Å². The maximum absolute atomic E-state index is 9.68. The molecule has 1 N–H and O–H groups in total. The molecule has 0 fully saturated rings. The smallest absolute Gasteiger partial charge is 0.121 e. The van der Waals surface area contributed by atoms with Crippen LogP contribution in [0.5, 0.6) is 5.75 Å². The van der Waals surface area contributed by atoms with Gasteiger partial charge in [-0.25, -0.2) is 0 Å². The second kappa shape index (κ2) is 6.43. The van der Waals surface area contributed by atoms with Crippen LogP contribution in [0.1, 0.15) is 25.0 Å². The van der Waals surface area contributed by atoms with E-state index >= 15 is 0 Å². The molecule has 15 heavy (non-hydrogen) atoms. The first-order valence-corrected chi connectivity index (χ1v) is 5.24. The van der Waals surface area contributed by atoms with Crippen LogP contribution in [0, 0.1) is 0 Å². The molecule has 0 spiro atoms. The predicted molar refractivity (Wildman–Crippen MR) is 58.8 cm³/mol. The molecule has 0 aliphatic rings. The van der Waals surface area contributed by atoms with Crippen molar-refractivity contribution < 1.29 is 14.6 Å². The lowest BCUT2D eigenvalue weighted by Crippen LogP contribution is -2.00. The number of benzene rings is 1. The van der Waals surface area contributed by atoms with E-state index < -0.39 is 0 Å². The molecule has 0 aliphatic carbocycles. The van der Waals surface area contributed by atoms with Gasteiger partial charge in [-0.1, -0.05) is 12.1 Å². The minimum absolute atomic E-state index is 0.278. The summed E-state index contributed by atoms with van der Waals surface area (Å²) < 4.78 is 10.6. The maximum atomic E-state index is 9.68. The standard InChI is InChI=1S/C12H18O3/c1-3-14-8-10-6-5-7-12(13)11(10)9-15-4-2/h5-7,13H,3-4,8-9H2,1-2H3. The van der Waals surface area contributed by atoms with E-state index in [4.69, 9.17) is 9.47 Å². The van der Waals surface area contributed by atoms with Crippen LogP contribution in [0.25, 0.3) is 0 Å². The number of hydrogen-bond acceptors (Lipinski definition) is 3. The molecule has 1 aromatic carbocycles. The average Bonchev–Trinajstić information content (AvgIpc) is 2.25. The molecule has 0 saturated heterocycles. The summed E-state index contributed by atoms with van der Waals surface area (Å²) in [5.41, 5.74) is 1.82. The van der Waals surface area contributed by atoms with Crippen LogP contribution in [0.3, 0.4) is 0 Å². The molecule has 84 valence electrons. The SMILES string of the molecule is CCOCc1cccc(O)c1COCC. The van der Waals surface area contributed by atoms with Crippen molar-refractivity contribution >= 4 is 0 Å². The van der Waals surface area contributed by atoms with Gasteiger partial charge in [0, 0.05) is 18.8 Å². The molecule has 0 heterocycles. The highest BCUT2D eigenvalue weighted by Gasteiger charge is 2.07. The van der Waals surface area contributed by atoms with Gasteiger partial charge in [0.2, 0.25) is 0 Å². The fourth-order valence-corrected chi connectivity index (χ4v) is 1.34. The van der Waals surface area contributed by atoms with Gasteiger partial charge in [0.1, 0.15) is 5.75 Å². The molecule has 0 aromatic heterocycles. The zero-order valence-electron chi connectivity index (χ0n) is 9.32. The highest BCUT2D eigenvalue weighted by atomic mass is 16.5. The Balaban J connectivity index is 2.77. The molecule has 0 aliphatic heterocycles. The van der Waals surface area contributed by atoms with Crippen LogP contribution in [0.4, 0.5) is 0 Å². The van der Waals surface area contributed by atoms with Crippen molar-refractivity contribution in [3.8, 4) is 5.75 Å². The van der Waals surface area contributed by atoms with Crippen LogP contribution in [-0.4, -0.2) is 18.3 Å². The first kappa shape index (κ1) is 12.0. The third-order valence-corrected chi connectivity index (χ3v) is 2.16. The number of phenols is 1. The quantitative estimate of drug-likeness (QED) is 0.783. The van der Waals surface area contributed by atoms with Crippen LogP contribution >= 0.6 is 0 Å². The number of aromatic hydroxyl groups is 1. The van der Waals surface area contributed by atoms with E-state index in [1.807, 2.05) is 26.0 Å². The van der Waals surface area contributed by atoms with Gasteiger partial charge >= 0.3 is 0 Å². The molecule has 0 atom stereocenters. The lowest BCUT2D eigenvalue weighted by atomic mass is 10.1. The molecule has 3 nitrogen and oxygen atoms in total. The summed E-state index contributed by atoms with van der Waals surface area (Å²) in [4.78, 5) is 0. The fraction of sp³-hybridized carbons (Fsp3) is 0.500. The summed E-state index contributed by atoms with van der Waals surface area (Å²) in [5, 5.41) is 9.68. The minimum atomic E-state index is 0.278. The molecule has 3 heteroatoms. The van der Waals surface area contributed by atoms with Gasteiger partial charge in [-0.05, 0) is 25.5 Å². The first-order valence-electron chi connectivity index (χ1n) is 5.24. The first-order chi connectivity index (χ1) is 7.29. The van der Waals surface area contributed by atoms with Crippen molar-refractivity contribution in [1.29, 1.82) is 0 Å². The highest BCUT2D eigenvalue weighted by Crippen LogP contribution is 2.22. The Bertz CT molecular complexity index is 297. The number of rotatable bonds is 6. The average molecular weight is 210 g/mol. The number of ether oxygens (including phenoxy) is 2. The summed E-state index contributed by atoms with van der Waals surface area (Å²) in [6.45, 7) is 6.15. The van der Waals surface area contributed by atoms with Gasteiger partial charge in [-0.3, -0.25) is 0 Å². The van der Waals surface area contributed by atoms with Gasteiger partial charge < -0.3 is 14.6 Å². The van der Waals surface area contributed by atoms with Crippen molar-refractivity contribution in [1.82, 2.24) is 0 Å². The van der Waals surface area contributed by atoms with Crippen molar-refractivity contribution in [2.24, 2.45) is 0 Å². The van der Waals surface area contributed by atoms with Gasteiger partial charge in [0.25, 0.3) is 0 Å². The molecule has 1 aromatic rings. The molecule has 0 saturated carbocycles. The highest BCUT2D eigenvalue weighted by molar-refractivity contribution is 5.38. The van der Waals surface area contributed by atoms with E-state index in [0.717, 1.165) is 11.1 Å². The topological polar surface area (TPSA) is 38.7 Å². The zero-order chi connectivity index (χ0) is 11.1. The van der Waals surface area contributed by atoms with Gasteiger partial charge in [0.05, 0.1) is 13.2 Å². The minimum Gasteiger partial charge on any atom is -0.508 e. The lowest BCUT2D eigenvalue weighted by molar-refractivity contribution is 0.118. The maximum Gasteiger partial charge on any atom is 0.121 e. The van der Waals surface area contributed by atoms with Gasteiger partial charge in [-0.2, -0.15) is 0 Å². The third-order valence-electron chi connectivity index (χ3n) is 2.16. The zero-order valence-corrected chi connectivity index (χ0v) is 9.32. The largest absolute Gasteiger partial charge is 0.508 e. The van der Waals surface area contributed by atoms with Crippen molar-refractivity contribution in [3.63, 3.8) is 0 Å². The summed E-state index contributed by atoms with van der Waals surface area (Å²) in [5.74, 6) is 0.278. The Morgan fingerprint density at radius 3 is 2.40 bits per heavy atom. The Labute approximate surface area is 90.6 Å². The predicted octanol–water partition coefficient (Wildman–Crippen LogP) is 2.47. The van der Waals surface area contributed by atoms with E-state index in [0.29, 0.717) is 26.4 Å². The monoisotopic (exact) mass is 210 g/mol. The molecule has 1 rings (SSSR count). The van der Waals surface area contributed by atoms with Crippen molar-refractivity contribution in [2.45, 2.75) is 27.1 Å². The van der Waals surface area contributed by atoms with E-state index in [-0.39, 0.29) is 5.75 Å². The van der Waals surface area contributed by atoms with E-state index in [1.165, 1.54) is 0 Å². The van der Waals surface area contributed by atoms with Crippen LogP contribution < -0.4 is 0 Å². The number of hydrogen-bond donors (Lipinski definition) is 1. The van der Waals surface area contributed by atoms with E-state index in [9.17, 15) is 5.11 Å². The van der Waals surface area contributed by atoms with Crippen molar-refractivity contribution in [2.75, 3.05) is 13.2 Å². The normalized spacial score (nSPS) is 10.5. The third kappa shape index (κ3) is 3.53. The molecule has 0 bridgehead atoms. The summed E-state index contributed by atoms with van der Waals surface area (Å²) in [6.07, 6.45) is 0. The van der Waals surface area contributed by atoms with Gasteiger partial charge in [-0.15, -0.1) is 0 Å². The van der Waals surface area contributed by atoms with Crippen molar-refractivity contribution in [3.05, 3.63) is 29.3 Å². The Hall–Kier alpha value is -1.06.